The molecule has 0 saturated heterocycles. The minimum atomic E-state index is -0.346. The third-order valence-corrected chi connectivity index (χ3v) is 2.90. The van der Waals surface area contributed by atoms with Crippen molar-refractivity contribution >= 4 is 33.4 Å². The Hall–Kier alpha value is -1.36. The van der Waals surface area contributed by atoms with E-state index in [0.717, 1.165) is 15.5 Å². The minimum Gasteiger partial charge on any atom is -0.444 e. The molecule has 2 rings (SSSR count). The molecule has 2 aromatic rings. The van der Waals surface area contributed by atoms with Crippen LogP contribution in [0.4, 0.5) is 0 Å². The van der Waals surface area contributed by atoms with Crippen LogP contribution in [0, 0.1) is 0 Å². The van der Waals surface area contributed by atoms with E-state index in [0.29, 0.717) is 6.47 Å². The number of fused-ring (bicyclic) bond motifs is 1. The van der Waals surface area contributed by atoms with E-state index in [9.17, 15) is 4.79 Å². The smallest absolute Gasteiger partial charge is 0.295 e. The molecule has 0 aromatic carbocycles. The molecule has 0 aliphatic rings. The molecular formula is C10H9BrN2O2. The molecule has 15 heavy (non-hydrogen) atoms. The lowest BCUT2D eigenvalue weighted by atomic mass is 10.3. The fourth-order valence-electron chi connectivity index (χ4n) is 1.46. The Morgan fingerprint density at radius 2 is 2.40 bits per heavy atom. The van der Waals surface area contributed by atoms with E-state index in [1.165, 1.54) is 0 Å². The van der Waals surface area contributed by atoms with E-state index in [2.05, 4.69) is 20.9 Å². The second kappa shape index (κ2) is 4.02. The van der Waals surface area contributed by atoms with Crippen molar-refractivity contribution in [3.63, 3.8) is 0 Å². The summed E-state index contributed by atoms with van der Waals surface area (Å²) in [6, 6.07) is 3.80. The van der Waals surface area contributed by atoms with Crippen LogP contribution < -0.4 is 0 Å². The second-order valence-corrected chi connectivity index (χ2v) is 3.94. The van der Waals surface area contributed by atoms with Gasteiger partial charge in [0, 0.05) is 22.3 Å². The summed E-state index contributed by atoms with van der Waals surface area (Å²) in [4.78, 5) is 14.5. The number of rotatable bonds is 3. The number of nitrogens with zero attached hydrogens (tertiary/aromatic N) is 2. The molecule has 5 heteroatoms. The molecule has 0 N–H and O–H groups in total. The van der Waals surface area contributed by atoms with Gasteiger partial charge in [0.2, 0.25) is 0 Å². The van der Waals surface area contributed by atoms with E-state index < -0.39 is 0 Å². The zero-order valence-electron chi connectivity index (χ0n) is 8.05. The highest BCUT2D eigenvalue weighted by Crippen LogP contribution is 2.25. The summed E-state index contributed by atoms with van der Waals surface area (Å²) in [6.07, 6.45) is 3.20. The maximum absolute atomic E-state index is 10.2. The third-order valence-electron chi connectivity index (χ3n) is 2.21. The van der Waals surface area contributed by atoms with Gasteiger partial charge in [-0.2, -0.15) is 0 Å². The molecule has 0 fully saturated rings. The van der Waals surface area contributed by atoms with Crippen molar-refractivity contribution < 1.29 is 9.53 Å². The van der Waals surface area contributed by atoms with Gasteiger partial charge in [0.1, 0.15) is 5.65 Å². The maximum atomic E-state index is 10.2. The number of halogens is 1. The number of aromatic nitrogens is 2. The normalized spacial score (nSPS) is 12.7. The Kier molecular flexibility index (Phi) is 2.73. The lowest BCUT2D eigenvalue weighted by molar-refractivity contribution is -0.136. The Morgan fingerprint density at radius 1 is 1.60 bits per heavy atom. The van der Waals surface area contributed by atoms with Crippen molar-refractivity contribution in [2.75, 3.05) is 0 Å². The van der Waals surface area contributed by atoms with Crippen molar-refractivity contribution in [2.24, 2.45) is 0 Å². The maximum Gasteiger partial charge on any atom is 0.295 e. The van der Waals surface area contributed by atoms with Crippen LogP contribution in [0.1, 0.15) is 13.2 Å². The van der Waals surface area contributed by atoms with E-state index in [1.807, 2.05) is 18.3 Å². The Balaban J connectivity index is 2.53. The second-order valence-electron chi connectivity index (χ2n) is 3.08. The number of carbonyl (C=O) groups is 1. The number of hydrogen-bond donors (Lipinski definition) is 0. The van der Waals surface area contributed by atoms with Crippen LogP contribution in [0.2, 0.25) is 0 Å². The first-order valence-corrected chi connectivity index (χ1v) is 5.23. The van der Waals surface area contributed by atoms with Gasteiger partial charge in [-0.15, -0.1) is 0 Å². The highest BCUT2D eigenvalue weighted by molar-refractivity contribution is 9.10. The van der Waals surface area contributed by atoms with Gasteiger partial charge in [0.25, 0.3) is 6.47 Å². The summed E-state index contributed by atoms with van der Waals surface area (Å²) in [6.45, 7) is 2.23. The average molecular weight is 269 g/mol. The molecule has 0 spiro atoms. The molecular weight excluding hydrogens is 260 g/mol. The number of pyridine rings is 1. The summed E-state index contributed by atoms with van der Waals surface area (Å²) >= 11 is 3.43. The van der Waals surface area contributed by atoms with Crippen molar-refractivity contribution in [2.45, 2.75) is 13.2 Å². The fraction of sp³-hybridized carbons (Fsp3) is 0.200. The van der Waals surface area contributed by atoms with Crippen LogP contribution in [-0.2, 0) is 9.53 Å². The summed E-state index contributed by atoms with van der Waals surface area (Å²) in [5.41, 5.74) is 0.790. The van der Waals surface area contributed by atoms with Crippen LogP contribution in [0.5, 0.6) is 0 Å². The van der Waals surface area contributed by atoms with E-state index >= 15 is 0 Å². The molecule has 0 saturated carbocycles. The summed E-state index contributed by atoms with van der Waals surface area (Å²) < 4.78 is 7.64. The number of ether oxygens (including phenoxy) is 1. The van der Waals surface area contributed by atoms with Crippen LogP contribution in [0.3, 0.4) is 0 Å². The monoisotopic (exact) mass is 268 g/mol. The highest BCUT2D eigenvalue weighted by Gasteiger charge is 2.10. The first kappa shape index (κ1) is 10.2. The topological polar surface area (TPSA) is 44.1 Å². The zero-order valence-corrected chi connectivity index (χ0v) is 9.64. The molecule has 2 aromatic heterocycles. The molecule has 0 aliphatic heterocycles. The summed E-state index contributed by atoms with van der Waals surface area (Å²) in [5.74, 6) is 0. The van der Waals surface area contributed by atoms with Gasteiger partial charge in [-0.3, -0.25) is 9.36 Å². The summed E-state index contributed by atoms with van der Waals surface area (Å²) in [5, 5.41) is 0.999. The quantitative estimate of drug-likeness (QED) is 0.804. The summed E-state index contributed by atoms with van der Waals surface area (Å²) in [7, 11) is 0. The lowest BCUT2D eigenvalue weighted by Crippen LogP contribution is -2.07. The molecule has 0 radical (unpaired) electrons. The molecule has 0 amide bonds. The SMILES string of the molecule is CC(OC=O)n1ccc2c(Br)ccnc21. The van der Waals surface area contributed by atoms with Gasteiger partial charge in [-0.25, -0.2) is 4.98 Å². The Morgan fingerprint density at radius 3 is 3.13 bits per heavy atom. The first-order valence-electron chi connectivity index (χ1n) is 4.44. The van der Waals surface area contributed by atoms with Crippen LogP contribution >= 0.6 is 15.9 Å². The Bertz CT molecular complexity index is 495. The third kappa shape index (κ3) is 1.74. The number of carbonyl (C=O) groups excluding carboxylic acids is 1. The van der Waals surface area contributed by atoms with Gasteiger partial charge >= 0.3 is 0 Å². The molecule has 78 valence electrons. The molecule has 0 aliphatic carbocycles. The van der Waals surface area contributed by atoms with Gasteiger partial charge in [0.05, 0.1) is 0 Å². The van der Waals surface area contributed by atoms with E-state index in [-0.39, 0.29) is 6.23 Å². The van der Waals surface area contributed by atoms with Crippen molar-refractivity contribution in [1.82, 2.24) is 9.55 Å². The highest BCUT2D eigenvalue weighted by atomic mass is 79.9. The minimum absolute atomic E-state index is 0.346. The molecule has 2 heterocycles. The fourth-order valence-corrected chi connectivity index (χ4v) is 1.89. The van der Waals surface area contributed by atoms with Crippen molar-refractivity contribution in [1.29, 1.82) is 0 Å². The van der Waals surface area contributed by atoms with Crippen LogP contribution in [0.15, 0.2) is 29.0 Å². The lowest BCUT2D eigenvalue weighted by Gasteiger charge is -2.11. The molecule has 1 atom stereocenters. The van der Waals surface area contributed by atoms with Crippen LogP contribution in [0.25, 0.3) is 11.0 Å². The van der Waals surface area contributed by atoms with E-state index in [1.54, 1.807) is 17.7 Å². The molecule has 4 nitrogen and oxygen atoms in total. The predicted octanol–water partition coefficient (Wildman–Crippen LogP) is 2.49. The van der Waals surface area contributed by atoms with Gasteiger partial charge < -0.3 is 4.74 Å². The predicted molar refractivity (Wildman–Crippen MR) is 59.3 cm³/mol. The van der Waals surface area contributed by atoms with Crippen molar-refractivity contribution in [3.05, 3.63) is 29.0 Å². The zero-order chi connectivity index (χ0) is 10.8. The van der Waals surface area contributed by atoms with Crippen LogP contribution in [-0.4, -0.2) is 16.0 Å². The standard InChI is InChI=1S/C10H9BrN2O2/c1-7(15-6-14)13-5-3-8-9(11)2-4-12-10(8)13/h2-7H,1H3. The van der Waals surface area contributed by atoms with Gasteiger partial charge in [-0.05, 0) is 35.0 Å². The van der Waals surface area contributed by atoms with E-state index in [4.69, 9.17) is 4.74 Å². The average Bonchev–Trinajstić information content (AvgIpc) is 2.63. The largest absolute Gasteiger partial charge is 0.444 e. The van der Waals surface area contributed by atoms with Crippen molar-refractivity contribution in [3.8, 4) is 0 Å². The Labute approximate surface area is 95.0 Å². The van der Waals surface area contributed by atoms with Gasteiger partial charge in [-0.1, -0.05) is 0 Å². The number of hydrogen-bond acceptors (Lipinski definition) is 3. The van der Waals surface area contributed by atoms with Gasteiger partial charge in [0.15, 0.2) is 6.23 Å². The first-order chi connectivity index (χ1) is 7.24. The molecule has 0 bridgehead atoms. The molecule has 1 unspecified atom stereocenters.